The normalized spacial score (nSPS) is 10.2. The van der Waals surface area contributed by atoms with Gasteiger partial charge in [-0.25, -0.2) is 0 Å². The summed E-state index contributed by atoms with van der Waals surface area (Å²) in [4.78, 5) is 22.6. The van der Waals surface area contributed by atoms with Crippen LogP contribution >= 0.6 is 0 Å². The van der Waals surface area contributed by atoms with E-state index in [2.05, 4.69) is 10.4 Å². The Kier molecular flexibility index (Phi) is 5.19. The molecule has 0 radical (unpaired) electrons. The lowest BCUT2D eigenvalue weighted by atomic mass is 10.1. The van der Waals surface area contributed by atoms with Crippen molar-refractivity contribution >= 4 is 17.7 Å². The average molecular weight is 319 g/mol. The third-order valence-corrected chi connectivity index (χ3v) is 3.02. The van der Waals surface area contributed by atoms with Crippen LogP contribution in [0, 0.1) is 0 Å². The van der Waals surface area contributed by atoms with Gasteiger partial charge in [-0.2, -0.15) is 5.10 Å². The van der Waals surface area contributed by atoms with E-state index in [1.165, 1.54) is 31.2 Å². The summed E-state index contributed by atoms with van der Waals surface area (Å²) in [5, 5.41) is 15.2. The monoisotopic (exact) mass is 319 g/mol. The summed E-state index contributed by atoms with van der Waals surface area (Å²) in [6.07, 6.45) is 1.62. The molecule has 0 aliphatic carbocycles. The number of hydrogen-bond donors (Lipinski definition) is 2. The van der Waals surface area contributed by atoms with Crippen molar-refractivity contribution in [3.05, 3.63) is 36.0 Å². The molecule has 0 aliphatic heterocycles. The summed E-state index contributed by atoms with van der Waals surface area (Å²) in [6, 6.07) is 6.75. The zero-order valence-electron chi connectivity index (χ0n) is 12.8. The fraction of sp³-hybridized carbons (Fsp3) is 0.267. The molecule has 8 nitrogen and oxygen atoms in total. The maximum Gasteiger partial charge on any atom is 0.325 e. The Morgan fingerprint density at radius 3 is 2.61 bits per heavy atom. The smallest absolute Gasteiger partial charge is 0.325 e. The van der Waals surface area contributed by atoms with E-state index in [4.69, 9.17) is 14.6 Å². The average Bonchev–Trinajstić information content (AvgIpc) is 2.93. The summed E-state index contributed by atoms with van der Waals surface area (Å²) < 4.78 is 11.6. The lowest BCUT2D eigenvalue weighted by Gasteiger charge is -2.09. The Hall–Kier alpha value is -3.03. The van der Waals surface area contributed by atoms with Crippen molar-refractivity contribution in [3.63, 3.8) is 0 Å². The zero-order chi connectivity index (χ0) is 16.8. The number of carbonyl (C=O) groups excluding carboxylic acids is 1. The number of carboxylic acid groups (broad SMARTS) is 1. The van der Waals surface area contributed by atoms with Gasteiger partial charge in [-0.05, 0) is 17.7 Å². The molecular formula is C15H17N3O5. The van der Waals surface area contributed by atoms with Crippen LogP contribution in [0.25, 0.3) is 0 Å². The maximum atomic E-state index is 12.0. The first-order chi connectivity index (χ1) is 11.0. The second-order valence-corrected chi connectivity index (χ2v) is 4.71. The number of aliphatic carboxylic acids is 1. The molecule has 0 unspecified atom stereocenters. The van der Waals surface area contributed by atoms with Gasteiger partial charge in [0.15, 0.2) is 17.3 Å². The summed E-state index contributed by atoms with van der Waals surface area (Å²) >= 11 is 0. The van der Waals surface area contributed by atoms with Gasteiger partial charge in [0.25, 0.3) is 0 Å². The second kappa shape index (κ2) is 7.30. The van der Waals surface area contributed by atoms with Crippen molar-refractivity contribution in [2.45, 2.75) is 13.0 Å². The standard InChI is InChI=1S/C15H17N3O5/c1-22-11-4-3-10(7-12(11)23-2)8-14(19)16-13-5-6-18(17-13)9-15(20)21/h3-7H,8-9H2,1-2H3,(H,20,21)(H,16,17,19). The highest BCUT2D eigenvalue weighted by molar-refractivity contribution is 5.91. The van der Waals surface area contributed by atoms with Crippen molar-refractivity contribution in [3.8, 4) is 11.5 Å². The highest BCUT2D eigenvalue weighted by Crippen LogP contribution is 2.27. The SMILES string of the molecule is COc1ccc(CC(=O)Nc2ccn(CC(=O)O)n2)cc1OC. The summed E-state index contributed by atoms with van der Waals surface area (Å²) in [5.41, 5.74) is 0.755. The minimum atomic E-state index is -1.00. The first kappa shape index (κ1) is 16.3. The molecule has 0 bridgehead atoms. The van der Waals surface area contributed by atoms with Crippen LogP contribution in [0.2, 0.25) is 0 Å². The summed E-state index contributed by atoms with van der Waals surface area (Å²) in [6.45, 7) is -0.258. The number of hydrogen-bond acceptors (Lipinski definition) is 5. The lowest BCUT2D eigenvalue weighted by Crippen LogP contribution is -2.16. The van der Waals surface area contributed by atoms with E-state index in [9.17, 15) is 9.59 Å². The number of rotatable bonds is 7. The Bertz CT molecular complexity index is 711. The summed E-state index contributed by atoms with van der Waals surface area (Å²) in [5.74, 6) is 0.165. The van der Waals surface area contributed by atoms with Crippen molar-refractivity contribution in [1.82, 2.24) is 9.78 Å². The van der Waals surface area contributed by atoms with Crippen LogP contribution in [0.15, 0.2) is 30.5 Å². The van der Waals surface area contributed by atoms with Crippen molar-refractivity contribution in [1.29, 1.82) is 0 Å². The highest BCUT2D eigenvalue weighted by Gasteiger charge is 2.10. The van der Waals surface area contributed by atoms with Crippen molar-refractivity contribution in [2.75, 3.05) is 19.5 Å². The highest BCUT2D eigenvalue weighted by atomic mass is 16.5. The Balaban J connectivity index is 1.99. The van der Waals surface area contributed by atoms with Gasteiger partial charge < -0.3 is 19.9 Å². The van der Waals surface area contributed by atoms with Gasteiger partial charge >= 0.3 is 5.97 Å². The Labute approximate surface area is 132 Å². The van der Waals surface area contributed by atoms with E-state index < -0.39 is 5.97 Å². The van der Waals surface area contributed by atoms with Crippen LogP contribution in [-0.2, 0) is 22.6 Å². The van der Waals surface area contributed by atoms with Gasteiger partial charge in [-0.1, -0.05) is 6.07 Å². The third kappa shape index (κ3) is 4.47. The van der Waals surface area contributed by atoms with Gasteiger partial charge in [0.2, 0.25) is 5.91 Å². The minimum Gasteiger partial charge on any atom is -0.493 e. The number of anilines is 1. The van der Waals surface area contributed by atoms with Crippen molar-refractivity contribution < 1.29 is 24.2 Å². The molecule has 2 rings (SSSR count). The molecule has 8 heteroatoms. The lowest BCUT2D eigenvalue weighted by molar-refractivity contribution is -0.137. The number of carboxylic acids is 1. The predicted octanol–water partition coefficient (Wildman–Crippen LogP) is 1.17. The van der Waals surface area contributed by atoms with E-state index in [1.807, 2.05) is 0 Å². The van der Waals surface area contributed by atoms with Gasteiger partial charge in [0.1, 0.15) is 6.54 Å². The zero-order valence-corrected chi connectivity index (χ0v) is 12.8. The van der Waals surface area contributed by atoms with Crippen LogP contribution in [0.1, 0.15) is 5.56 Å². The molecule has 2 aromatic rings. The molecule has 0 atom stereocenters. The fourth-order valence-electron chi connectivity index (χ4n) is 2.02. The minimum absolute atomic E-state index is 0.131. The molecule has 0 saturated heterocycles. The van der Waals surface area contributed by atoms with Gasteiger partial charge in [0.05, 0.1) is 20.6 Å². The first-order valence-electron chi connectivity index (χ1n) is 6.78. The Morgan fingerprint density at radius 1 is 1.22 bits per heavy atom. The molecular weight excluding hydrogens is 302 g/mol. The molecule has 23 heavy (non-hydrogen) atoms. The van der Waals surface area contributed by atoms with E-state index >= 15 is 0 Å². The van der Waals surface area contributed by atoms with E-state index in [0.29, 0.717) is 17.3 Å². The molecule has 0 aliphatic rings. The quantitative estimate of drug-likeness (QED) is 0.794. The number of ether oxygens (including phenoxy) is 2. The maximum absolute atomic E-state index is 12.0. The van der Waals surface area contributed by atoms with E-state index in [0.717, 1.165) is 5.56 Å². The number of amides is 1. The number of benzene rings is 1. The van der Waals surface area contributed by atoms with Crippen LogP contribution in [0.3, 0.4) is 0 Å². The van der Waals surface area contributed by atoms with Crippen LogP contribution in [-0.4, -0.2) is 41.0 Å². The predicted molar refractivity (Wildman–Crippen MR) is 81.7 cm³/mol. The molecule has 2 N–H and O–H groups in total. The van der Waals surface area contributed by atoms with Crippen LogP contribution in [0.4, 0.5) is 5.82 Å². The van der Waals surface area contributed by atoms with E-state index in [-0.39, 0.29) is 18.9 Å². The van der Waals surface area contributed by atoms with Crippen LogP contribution in [0.5, 0.6) is 11.5 Å². The van der Waals surface area contributed by atoms with Crippen molar-refractivity contribution in [2.24, 2.45) is 0 Å². The molecule has 0 spiro atoms. The van der Waals surface area contributed by atoms with Crippen LogP contribution < -0.4 is 14.8 Å². The molecule has 1 aromatic carbocycles. The number of aromatic nitrogens is 2. The largest absolute Gasteiger partial charge is 0.493 e. The van der Waals surface area contributed by atoms with E-state index in [1.54, 1.807) is 18.2 Å². The second-order valence-electron chi connectivity index (χ2n) is 4.71. The molecule has 1 aromatic heterocycles. The number of nitrogens with zero attached hydrogens (tertiary/aromatic N) is 2. The molecule has 1 amide bonds. The third-order valence-electron chi connectivity index (χ3n) is 3.02. The molecule has 1 heterocycles. The molecule has 122 valence electrons. The topological polar surface area (TPSA) is 103 Å². The number of nitrogens with one attached hydrogen (secondary N) is 1. The van der Waals surface area contributed by atoms with Gasteiger partial charge in [-0.3, -0.25) is 14.3 Å². The number of methoxy groups -OCH3 is 2. The first-order valence-corrected chi connectivity index (χ1v) is 6.78. The fourth-order valence-corrected chi connectivity index (χ4v) is 2.02. The van der Waals surface area contributed by atoms with Gasteiger partial charge in [0, 0.05) is 12.3 Å². The van der Waals surface area contributed by atoms with Gasteiger partial charge in [-0.15, -0.1) is 0 Å². The summed E-state index contributed by atoms with van der Waals surface area (Å²) in [7, 11) is 3.06. The molecule has 0 saturated carbocycles. The Morgan fingerprint density at radius 2 is 1.96 bits per heavy atom. The number of carbonyl (C=O) groups is 2. The molecule has 0 fully saturated rings.